The Bertz CT molecular complexity index is 388. The first-order chi connectivity index (χ1) is 8.15. The Morgan fingerprint density at radius 2 is 2.39 bits per heavy atom. The molecule has 0 bridgehead atoms. The van der Waals surface area contributed by atoms with Gasteiger partial charge in [-0.1, -0.05) is 0 Å². The van der Waals surface area contributed by atoms with Gasteiger partial charge in [0, 0.05) is 28.8 Å². The third-order valence-corrected chi connectivity index (χ3v) is 4.15. The van der Waals surface area contributed by atoms with Crippen LogP contribution in [0.15, 0.2) is 12.1 Å². The number of nitrogens with one attached hydrogen (secondary N) is 2. The Labute approximate surface area is 119 Å². The van der Waals surface area contributed by atoms with Crippen LogP contribution in [-0.2, 0) is 11.2 Å². The van der Waals surface area contributed by atoms with Crippen molar-refractivity contribution in [3.63, 3.8) is 0 Å². The van der Waals surface area contributed by atoms with Gasteiger partial charge in [0.25, 0.3) is 0 Å². The fraction of sp³-hybridized carbons (Fsp3) is 0.615. The zero-order valence-corrected chi connectivity index (χ0v) is 12.5. The molecule has 1 aromatic heterocycles. The van der Waals surface area contributed by atoms with E-state index in [9.17, 15) is 4.79 Å². The van der Waals surface area contributed by atoms with Crippen molar-refractivity contribution in [3.8, 4) is 0 Å². The predicted molar refractivity (Wildman–Crippen MR) is 78.6 cm³/mol. The summed E-state index contributed by atoms with van der Waals surface area (Å²) in [4.78, 5) is 14.6. The maximum Gasteiger partial charge on any atom is 0.224 e. The van der Waals surface area contributed by atoms with Crippen molar-refractivity contribution in [2.75, 3.05) is 13.1 Å². The van der Waals surface area contributed by atoms with E-state index >= 15 is 0 Å². The van der Waals surface area contributed by atoms with Crippen LogP contribution in [0.3, 0.4) is 0 Å². The van der Waals surface area contributed by atoms with Gasteiger partial charge in [0.1, 0.15) is 0 Å². The zero-order chi connectivity index (χ0) is 12.3. The van der Waals surface area contributed by atoms with Gasteiger partial charge in [0.15, 0.2) is 0 Å². The van der Waals surface area contributed by atoms with Crippen molar-refractivity contribution in [1.82, 2.24) is 10.6 Å². The number of hydrogen-bond acceptors (Lipinski definition) is 3. The van der Waals surface area contributed by atoms with Crippen molar-refractivity contribution >= 4 is 29.7 Å². The second-order valence-corrected chi connectivity index (χ2v) is 6.19. The lowest BCUT2D eigenvalue weighted by atomic mass is 10.1. The predicted octanol–water partition coefficient (Wildman–Crippen LogP) is 2.14. The molecule has 3 nitrogen and oxygen atoms in total. The number of carbonyl (C=O) groups is 1. The molecule has 2 N–H and O–H groups in total. The molecule has 2 unspecified atom stereocenters. The quantitative estimate of drug-likeness (QED) is 0.891. The van der Waals surface area contributed by atoms with E-state index in [1.54, 1.807) is 0 Å². The fourth-order valence-electron chi connectivity index (χ4n) is 2.19. The van der Waals surface area contributed by atoms with Crippen LogP contribution in [0.4, 0.5) is 0 Å². The molecular weight excluding hydrogens is 268 g/mol. The van der Waals surface area contributed by atoms with Crippen molar-refractivity contribution in [2.45, 2.75) is 32.7 Å². The highest BCUT2D eigenvalue weighted by molar-refractivity contribution is 7.11. The minimum absolute atomic E-state index is 0. The standard InChI is InChI=1S/C13H20N2OS.ClH/c1-9(7-12-4-3-10(2)17-12)15-13(16)11-5-6-14-8-11;/h3-4,9,11,14H,5-8H2,1-2H3,(H,15,16);1H. The van der Waals surface area contributed by atoms with Crippen LogP contribution in [0.1, 0.15) is 23.1 Å². The highest BCUT2D eigenvalue weighted by atomic mass is 35.5. The maximum atomic E-state index is 11.9. The highest BCUT2D eigenvalue weighted by Gasteiger charge is 2.23. The second-order valence-electron chi connectivity index (χ2n) is 4.82. The molecule has 5 heteroatoms. The summed E-state index contributed by atoms with van der Waals surface area (Å²) >= 11 is 1.81. The van der Waals surface area contributed by atoms with Gasteiger partial charge in [-0.05, 0) is 38.9 Å². The number of thiophene rings is 1. The van der Waals surface area contributed by atoms with Gasteiger partial charge in [0.05, 0.1) is 5.92 Å². The maximum absolute atomic E-state index is 11.9. The van der Waals surface area contributed by atoms with Crippen LogP contribution in [-0.4, -0.2) is 25.0 Å². The Balaban J connectivity index is 0.00000162. The van der Waals surface area contributed by atoms with E-state index in [2.05, 4.69) is 36.6 Å². The molecule has 2 atom stereocenters. The molecule has 0 spiro atoms. The largest absolute Gasteiger partial charge is 0.353 e. The van der Waals surface area contributed by atoms with Crippen LogP contribution < -0.4 is 10.6 Å². The van der Waals surface area contributed by atoms with Gasteiger partial charge in [-0.3, -0.25) is 4.79 Å². The molecule has 1 fully saturated rings. The molecule has 102 valence electrons. The molecule has 1 amide bonds. The summed E-state index contributed by atoms with van der Waals surface area (Å²) in [5.74, 6) is 0.373. The summed E-state index contributed by atoms with van der Waals surface area (Å²) in [6.45, 7) is 5.99. The lowest BCUT2D eigenvalue weighted by molar-refractivity contribution is -0.125. The fourth-order valence-corrected chi connectivity index (χ4v) is 3.21. The molecule has 1 aromatic rings. The number of amides is 1. The van der Waals surface area contributed by atoms with E-state index in [1.807, 2.05) is 11.3 Å². The van der Waals surface area contributed by atoms with Gasteiger partial charge >= 0.3 is 0 Å². The third-order valence-electron chi connectivity index (χ3n) is 3.12. The van der Waals surface area contributed by atoms with Crippen LogP contribution in [0, 0.1) is 12.8 Å². The molecule has 0 aromatic carbocycles. The summed E-state index contributed by atoms with van der Waals surface area (Å²) < 4.78 is 0. The van der Waals surface area contributed by atoms with E-state index in [1.165, 1.54) is 9.75 Å². The summed E-state index contributed by atoms with van der Waals surface area (Å²) in [5.41, 5.74) is 0. The van der Waals surface area contributed by atoms with E-state index in [4.69, 9.17) is 0 Å². The Morgan fingerprint density at radius 3 is 2.94 bits per heavy atom. The van der Waals surface area contributed by atoms with Gasteiger partial charge in [0.2, 0.25) is 5.91 Å². The average Bonchev–Trinajstić information content (AvgIpc) is 2.89. The molecule has 2 rings (SSSR count). The summed E-state index contributed by atoms with van der Waals surface area (Å²) in [6.07, 6.45) is 1.90. The second kappa shape index (κ2) is 7.12. The number of rotatable bonds is 4. The molecular formula is C13H21ClN2OS. The van der Waals surface area contributed by atoms with Gasteiger partial charge in [-0.2, -0.15) is 0 Å². The summed E-state index contributed by atoms with van der Waals surface area (Å²) in [6, 6.07) is 4.51. The number of hydrogen-bond donors (Lipinski definition) is 2. The minimum atomic E-state index is 0. The summed E-state index contributed by atoms with van der Waals surface area (Å²) in [7, 11) is 0. The molecule has 2 heterocycles. The normalized spacial score (nSPS) is 20.2. The molecule has 1 aliphatic heterocycles. The molecule has 0 aliphatic carbocycles. The lowest BCUT2D eigenvalue weighted by Gasteiger charge is -2.15. The van der Waals surface area contributed by atoms with E-state index < -0.39 is 0 Å². The molecule has 1 aliphatic rings. The minimum Gasteiger partial charge on any atom is -0.353 e. The van der Waals surface area contributed by atoms with Crippen LogP contribution in [0.2, 0.25) is 0 Å². The van der Waals surface area contributed by atoms with Gasteiger partial charge < -0.3 is 10.6 Å². The SMILES string of the molecule is Cc1ccc(CC(C)NC(=O)C2CCNC2)s1.Cl. The van der Waals surface area contributed by atoms with Crippen LogP contribution in [0.5, 0.6) is 0 Å². The number of halogens is 1. The number of carbonyl (C=O) groups excluding carboxylic acids is 1. The Hall–Kier alpha value is -0.580. The monoisotopic (exact) mass is 288 g/mol. The first-order valence-corrected chi connectivity index (χ1v) is 7.03. The van der Waals surface area contributed by atoms with Gasteiger partial charge in [-0.15, -0.1) is 23.7 Å². The number of aryl methyl sites for hydroxylation is 1. The molecule has 0 radical (unpaired) electrons. The van der Waals surface area contributed by atoms with E-state index in [-0.39, 0.29) is 30.3 Å². The molecule has 0 saturated carbocycles. The van der Waals surface area contributed by atoms with Crippen molar-refractivity contribution < 1.29 is 4.79 Å². The Morgan fingerprint density at radius 1 is 1.61 bits per heavy atom. The van der Waals surface area contributed by atoms with E-state index in [0.717, 1.165) is 25.9 Å². The first-order valence-electron chi connectivity index (χ1n) is 6.21. The van der Waals surface area contributed by atoms with Crippen LogP contribution >= 0.6 is 23.7 Å². The van der Waals surface area contributed by atoms with Crippen molar-refractivity contribution in [1.29, 1.82) is 0 Å². The Kier molecular flexibility index (Phi) is 6.12. The molecule has 1 saturated heterocycles. The van der Waals surface area contributed by atoms with Crippen LogP contribution in [0.25, 0.3) is 0 Å². The third kappa shape index (κ3) is 4.26. The average molecular weight is 289 g/mol. The topological polar surface area (TPSA) is 41.1 Å². The molecule has 18 heavy (non-hydrogen) atoms. The van der Waals surface area contributed by atoms with E-state index in [0.29, 0.717) is 0 Å². The zero-order valence-electron chi connectivity index (χ0n) is 10.9. The van der Waals surface area contributed by atoms with Crippen molar-refractivity contribution in [2.24, 2.45) is 5.92 Å². The highest BCUT2D eigenvalue weighted by Crippen LogP contribution is 2.17. The van der Waals surface area contributed by atoms with Gasteiger partial charge in [-0.25, -0.2) is 0 Å². The first kappa shape index (κ1) is 15.5. The smallest absolute Gasteiger partial charge is 0.224 e. The summed E-state index contributed by atoms with van der Waals surface area (Å²) in [5, 5.41) is 6.33. The lowest BCUT2D eigenvalue weighted by Crippen LogP contribution is -2.38. The van der Waals surface area contributed by atoms with Crippen molar-refractivity contribution in [3.05, 3.63) is 21.9 Å².